The summed E-state index contributed by atoms with van der Waals surface area (Å²) in [5, 5.41) is 11.6. The van der Waals surface area contributed by atoms with Gasteiger partial charge in [-0.15, -0.1) is 0 Å². The van der Waals surface area contributed by atoms with Crippen molar-refractivity contribution in [1.29, 1.82) is 0 Å². The van der Waals surface area contributed by atoms with Gasteiger partial charge in [-0.25, -0.2) is 17.9 Å². The first-order chi connectivity index (χ1) is 11.0. The molecular formula is C16H22N2O5S. The number of carbonyl (C=O) groups is 2. The number of benzene rings is 1. The zero-order valence-electron chi connectivity index (χ0n) is 14.0. The summed E-state index contributed by atoms with van der Waals surface area (Å²) in [6.45, 7) is 6.96. The maximum atomic E-state index is 12.0. The number of carbonyl (C=O) groups excluding carboxylic acids is 1. The summed E-state index contributed by atoms with van der Waals surface area (Å²) in [6, 6.07) is 5.15. The number of nitrogens with one attached hydrogen (secondary N) is 2. The smallest absolute Gasteiger partial charge is 0.329 e. The van der Waals surface area contributed by atoms with Crippen LogP contribution in [0.1, 0.15) is 44.7 Å². The van der Waals surface area contributed by atoms with Crippen LogP contribution in [-0.4, -0.2) is 31.6 Å². The minimum Gasteiger partial charge on any atom is -0.480 e. The van der Waals surface area contributed by atoms with Crippen LogP contribution in [-0.2, 0) is 14.8 Å². The van der Waals surface area contributed by atoms with Crippen molar-refractivity contribution in [2.45, 2.75) is 39.7 Å². The molecule has 3 N–H and O–H groups in total. The molecule has 7 nitrogen and oxygen atoms in total. The summed E-state index contributed by atoms with van der Waals surface area (Å²) in [4.78, 5) is 22.2. The number of hydrogen-bond donors (Lipinski definition) is 3. The van der Waals surface area contributed by atoms with Gasteiger partial charge in [0, 0.05) is 0 Å². The van der Waals surface area contributed by atoms with Crippen LogP contribution in [0.15, 0.2) is 29.7 Å². The molecule has 0 radical (unpaired) electrons. The number of amides is 2. The van der Waals surface area contributed by atoms with Crippen molar-refractivity contribution in [1.82, 2.24) is 10.0 Å². The Labute approximate surface area is 141 Å². The van der Waals surface area contributed by atoms with Gasteiger partial charge in [0.25, 0.3) is 10.0 Å². The fourth-order valence-corrected chi connectivity index (χ4v) is 2.86. The molecule has 1 aromatic rings. The van der Waals surface area contributed by atoms with Crippen molar-refractivity contribution in [3.8, 4) is 0 Å². The van der Waals surface area contributed by atoms with Crippen LogP contribution in [0.5, 0.6) is 0 Å². The summed E-state index contributed by atoms with van der Waals surface area (Å²) in [5.74, 6) is -0.895. The highest BCUT2D eigenvalue weighted by molar-refractivity contribution is 7.93. The molecule has 1 rings (SSSR count). The molecule has 1 unspecified atom stereocenters. The topological polar surface area (TPSA) is 113 Å². The lowest BCUT2D eigenvalue weighted by Crippen LogP contribution is -2.45. The number of carboxylic acids is 1. The van der Waals surface area contributed by atoms with Crippen molar-refractivity contribution in [2.24, 2.45) is 0 Å². The number of rotatable bonds is 6. The number of aliphatic carboxylic acids is 1. The van der Waals surface area contributed by atoms with Gasteiger partial charge >= 0.3 is 12.0 Å². The van der Waals surface area contributed by atoms with E-state index in [1.165, 1.54) is 6.92 Å². The van der Waals surface area contributed by atoms with Crippen LogP contribution in [0, 0.1) is 0 Å². The van der Waals surface area contributed by atoms with Crippen molar-refractivity contribution in [3.05, 3.63) is 40.8 Å². The highest BCUT2D eigenvalue weighted by Gasteiger charge is 2.18. The molecule has 1 aromatic carbocycles. The van der Waals surface area contributed by atoms with Gasteiger partial charge in [0.2, 0.25) is 0 Å². The van der Waals surface area contributed by atoms with Crippen LogP contribution < -0.4 is 10.0 Å². The first-order valence-electron chi connectivity index (χ1n) is 7.36. The Bertz CT molecular complexity index is 736. The summed E-state index contributed by atoms with van der Waals surface area (Å²) in [7, 11) is -4.04. The average Bonchev–Trinajstić information content (AvgIpc) is 2.45. The van der Waals surface area contributed by atoms with Crippen molar-refractivity contribution >= 4 is 27.6 Å². The molecular weight excluding hydrogens is 332 g/mol. The molecule has 0 aliphatic rings. The maximum absolute atomic E-state index is 12.0. The van der Waals surface area contributed by atoms with E-state index >= 15 is 0 Å². The number of urea groups is 1. The third-order valence-corrected chi connectivity index (χ3v) is 4.45. The van der Waals surface area contributed by atoms with Gasteiger partial charge in [0.15, 0.2) is 0 Å². The lowest BCUT2D eigenvalue weighted by Gasteiger charge is -2.10. The molecule has 24 heavy (non-hydrogen) atoms. The van der Waals surface area contributed by atoms with E-state index in [9.17, 15) is 18.0 Å². The predicted molar refractivity (Wildman–Crippen MR) is 91.9 cm³/mol. The molecule has 0 bridgehead atoms. The Kier molecular flexibility index (Phi) is 6.53. The molecule has 1 atom stereocenters. The number of allylic oxidation sites excluding steroid dienone is 1. The monoisotopic (exact) mass is 354 g/mol. The SMILES string of the molecule is CC(=CS(=O)(=O)NC(=O)NC(C)C(=O)O)c1ccc(C(C)C)cc1. The number of carboxylic acid groups (broad SMARTS) is 1. The average molecular weight is 354 g/mol. The highest BCUT2D eigenvalue weighted by atomic mass is 32.2. The van der Waals surface area contributed by atoms with Crippen LogP contribution in [0.4, 0.5) is 4.79 Å². The van der Waals surface area contributed by atoms with Crippen LogP contribution >= 0.6 is 0 Å². The molecule has 0 aromatic heterocycles. The lowest BCUT2D eigenvalue weighted by atomic mass is 10.00. The van der Waals surface area contributed by atoms with Gasteiger partial charge in [0.05, 0.1) is 5.41 Å². The molecule has 0 saturated carbocycles. The Hall–Kier alpha value is -2.35. The maximum Gasteiger partial charge on any atom is 0.329 e. The summed E-state index contributed by atoms with van der Waals surface area (Å²) in [5.41, 5.74) is 2.30. The normalized spacial score (nSPS) is 13.5. The van der Waals surface area contributed by atoms with E-state index in [0.29, 0.717) is 17.1 Å². The summed E-state index contributed by atoms with van der Waals surface area (Å²) < 4.78 is 25.7. The van der Waals surface area contributed by atoms with Gasteiger partial charge in [0.1, 0.15) is 6.04 Å². The molecule has 0 heterocycles. The predicted octanol–water partition coefficient (Wildman–Crippen LogP) is 2.27. The van der Waals surface area contributed by atoms with Crippen LogP contribution in [0.3, 0.4) is 0 Å². The number of hydrogen-bond acceptors (Lipinski definition) is 4. The highest BCUT2D eigenvalue weighted by Crippen LogP contribution is 2.19. The standard InChI is InChI=1S/C16H22N2O5S/c1-10(2)13-5-7-14(8-6-13)11(3)9-24(22,23)18-16(21)17-12(4)15(19)20/h5-10,12H,1-4H3,(H,19,20)(H2,17,18,21). The molecule has 132 valence electrons. The Morgan fingerprint density at radius 2 is 1.67 bits per heavy atom. The van der Waals surface area contributed by atoms with E-state index < -0.39 is 28.1 Å². The van der Waals surface area contributed by atoms with E-state index in [0.717, 1.165) is 11.0 Å². The molecule has 0 aliphatic heterocycles. The first kappa shape index (κ1) is 19.7. The molecule has 2 amide bonds. The minimum atomic E-state index is -4.04. The van der Waals surface area contributed by atoms with Gasteiger partial charge in [-0.1, -0.05) is 38.1 Å². The second kappa shape index (κ2) is 7.96. The second-order valence-corrected chi connectivity index (χ2v) is 7.29. The summed E-state index contributed by atoms with van der Waals surface area (Å²) >= 11 is 0. The van der Waals surface area contributed by atoms with E-state index in [-0.39, 0.29) is 0 Å². The zero-order chi connectivity index (χ0) is 18.5. The third-order valence-electron chi connectivity index (χ3n) is 3.32. The Morgan fingerprint density at radius 3 is 2.12 bits per heavy atom. The molecule has 8 heteroatoms. The molecule has 0 spiro atoms. The minimum absolute atomic E-state index is 0.369. The van der Waals surface area contributed by atoms with E-state index in [1.807, 2.05) is 29.6 Å². The molecule has 0 fully saturated rings. The molecule has 0 aliphatic carbocycles. The zero-order valence-corrected chi connectivity index (χ0v) is 14.8. The lowest BCUT2D eigenvalue weighted by molar-refractivity contribution is -0.138. The summed E-state index contributed by atoms with van der Waals surface area (Å²) in [6.07, 6.45) is 0. The van der Waals surface area contributed by atoms with Crippen LogP contribution in [0.25, 0.3) is 5.57 Å². The van der Waals surface area contributed by atoms with Gasteiger partial charge in [-0.2, -0.15) is 0 Å². The van der Waals surface area contributed by atoms with E-state index in [2.05, 4.69) is 13.8 Å². The Morgan fingerprint density at radius 1 is 1.12 bits per heavy atom. The van der Waals surface area contributed by atoms with Crippen molar-refractivity contribution in [2.75, 3.05) is 0 Å². The first-order valence-corrected chi connectivity index (χ1v) is 8.91. The third kappa shape index (κ3) is 6.04. The fourth-order valence-electron chi connectivity index (χ4n) is 1.88. The van der Waals surface area contributed by atoms with Crippen molar-refractivity contribution in [3.63, 3.8) is 0 Å². The number of sulfonamides is 1. The fraction of sp³-hybridized carbons (Fsp3) is 0.375. The van der Waals surface area contributed by atoms with Gasteiger partial charge < -0.3 is 10.4 Å². The van der Waals surface area contributed by atoms with Gasteiger partial charge in [-0.3, -0.25) is 4.79 Å². The quantitative estimate of drug-likeness (QED) is 0.725. The molecule has 0 saturated heterocycles. The second-order valence-electron chi connectivity index (χ2n) is 5.76. The van der Waals surface area contributed by atoms with Gasteiger partial charge in [-0.05, 0) is 36.5 Å². The Balaban J connectivity index is 2.85. The van der Waals surface area contributed by atoms with E-state index in [1.54, 1.807) is 11.6 Å². The van der Waals surface area contributed by atoms with E-state index in [4.69, 9.17) is 5.11 Å². The van der Waals surface area contributed by atoms with Crippen LogP contribution in [0.2, 0.25) is 0 Å². The largest absolute Gasteiger partial charge is 0.480 e. The van der Waals surface area contributed by atoms with Crippen molar-refractivity contribution < 1.29 is 23.1 Å².